The smallest absolute Gasteiger partial charge is 0.0449 e. The molecule has 0 amide bonds. The van der Waals surface area contributed by atoms with Gasteiger partial charge in [-0.3, -0.25) is 0 Å². The van der Waals surface area contributed by atoms with Gasteiger partial charge in [-0.15, -0.1) is 0 Å². The number of benzene rings is 1. The lowest BCUT2D eigenvalue weighted by molar-refractivity contribution is 0.339. The van der Waals surface area contributed by atoms with Gasteiger partial charge in [-0.05, 0) is 44.8 Å². The van der Waals surface area contributed by atoms with Gasteiger partial charge in [-0.25, -0.2) is 0 Å². The summed E-state index contributed by atoms with van der Waals surface area (Å²) in [7, 11) is 4.18. The number of likely N-dealkylation sites (N-methyl/N-ethyl adjacent to an activating group) is 2. The Hall–Kier alpha value is -0.0900. The Morgan fingerprint density at radius 3 is 2.65 bits per heavy atom. The maximum Gasteiger partial charge on any atom is 0.0449 e. The Morgan fingerprint density at radius 1 is 1.41 bits per heavy atom. The van der Waals surface area contributed by atoms with Crippen LogP contribution in [0.2, 0.25) is 5.02 Å². The van der Waals surface area contributed by atoms with E-state index in [9.17, 15) is 0 Å². The van der Waals surface area contributed by atoms with Gasteiger partial charge in [0.25, 0.3) is 0 Å². The minimum atomic E-state index is 0.439. The number of hydrogen-bond donors (Lipinski definition) is 1. The highest BCUT2D eigenvalue weighted by atomic mass is 79.9. The summed E-state index contributed by atoms with van der Waals surface area (Å²) in [5.74, 6) is 0. The molecule has 1 N–H and O–H groups in total. The Bertz CT molecular complexity index is 355. The quantitative estimate of drug-likeness (QED) is 0.866. The van der Waals surface area contributed by atoms with Gasteiger partial charge in [0.2, 0.25) is 0 Å². The van der Waals surface area contributed by atoms with E-state index in [0.717, 1.165) is 29.0 Å². The zero-order valence-corrected chi connectivity index (χ0v) is 13.0. The topological polar surface area (TPSA) is 15.3 Å². The predicted molar refractivity (Wildman–Crippen MR) is 78.9 cm³/mol. The Labute approximate surface area is 117 Å². The lowest BCUT2D eigenvalue weighted by Crippen LogP contribution is -2.39. The molecule has 1 aromatic carbocycles. The molecule has 0 bridgehead atoms. The van der Waals surface area contributed by atoms with E-state index in [1.807, 2.05) is 12.1 Å². The molecule has 0 aliphatic carbocycles. The second-order valence-corrected chi connectivity index (χ2v) is 5.78. The number of halogens is 2. The third-order valence-corrected chi connectivity index (χ3v) is 3.40. The zero-order valence-electron chi connectivity index (χ0n) is 10.6. The Balaban J connectivity index is 2.71. The van der Waals surface area contributed by atoms with Crippen LogP contribution in [-0.2, 0) is 6.42 Å². The number of hydrogen-bond acceptors (Lipinski definition) is 2. The van der Waals surface area contributed by atoms with E-state index in [2.05, 4.69) is 53.2 Å². The molecule has 2 nitrogen and oxygen atoms in total. The highest BCUT2D eigenvalue weighted by Crippen LogP contribution is 2.22. The first-order valence-corrected chi connectivity index (χ1v) is 7.02. The molecule has 1 unspecified atom stereocenters. The highest BCUT2D eigenvalue weighted by molar-refractivity contribution is 9.10. The molecule has 0 spiro atoms. The van der Waals surface area contributed by atoms with Crippen molar-refractivity contribution in [1.29, 1.82) is 0 Å². The lowest BCUT2D eigenvalue weighted by atomic mass is 10.1. The van der Waals surface area contributed by atoms with E-state index in [4.69, 9.17) is 11.6 Å². The molecule has 4 heteroatoms. The van der Waals surface area contributed by atoms with Crippen LogP contribution in [0.15, 0.2) is 22.7 Å². The number of nitrogens with one attached hydrogen (secondary N) is 1. The summed E-state index contributed by atoms with van der Waals surface area (Å²) in [6.07, 6.45) is 0.956. The third kappa shape index (κ3) is 5.38. The first-order chi connectivity index (χ1) is 8.02. The first kappa shape index (κ1) is 15.0. The molecule has 1 rings (SSSR count). The van der Waals surface area contributed by atoms with Gasteiger partial charge in [0, 0.05) is 22.1 Å². The largest absolute Gasteiger partial charge is 0.313 e. The minimum Gasteiger partial charge on any atom is -0.313 e. The Kier molecular flexibility index (Phi) is 6.49. The van der Waals surface area contributed by atoms with Crippen molar-refractivity contribution in [2.24, 2.45) is 0 Å². The highest BCUT2D eigenvalue weighted by Gasteiger charge is 2.11. The molecular formula is C13H20BrClN2. The van der Waals surface area contributed by atoms with Crippen LogP contribution in [-0.4, -0.2) is 38.1 Å². The van der Waals surface area contributed by atoms with Crippen LogP contribution in [0.4, 0.5) is 0 Å². The van der Waals surface area contributed by atoms with Gasteiger partial charge in [-0.2, -0.15) is 0 Å². The molecule has 17 heavy (non-hydrogen) atoms. The van der Waals surface area contributed by atoms with Gasteiger partial charge in [0.1, 0.15) is 0 Å². The molecule has 1 atom stereocenters. The van der Waals surface area contributed by atoms with Crippen molar-refractivity contribution in [3.63, 3.8) is 0 Å². The predicted octanol–water partition coefficient (Wildman–Crippen LogP) is 3.18. The van der Waals surface area contributed by atoms with Crippen molar-refractivity contribution in [3.8, 4) is 0 Å². The molecule has 0 saturated heterocycles. The number of nitrogens with zero attached hydrogens (tertiary/aromatic N) is 1. The van der Waals surface area contributed by atoms with E-state index in [0.29, 0.717) is 6.04 Å². The normalized spacial score (nSPS) is 13.1. The van der Waals surface area contributed by atoms with Crippen LogP contribution < -0.4 is 5.32 Å². The van der Waals surface area contributed by atoms with Gasteiger partial charge < -0.3 is 10.2 Å². The van der Waals surface area contributed by atoms with Crippen molar-refractivity contribution in [2.45, 2.75) is 19.4 Å². The van der Waals surface area contributed by atoms with Crippen molar-refractivity contribution < 1.29 is 0 Å². The molecule has 0 heterocycles. The summed E-state index contributed by atoms with van der Waals surface area (Å²) < 4.78 is 1.03. The van der Waals surface area contributed by atoms with E-state index in [-0.39, 0.29) is 0 Å². The fourth-order valence-corrected chi connectivity index (χ4v) is 2.63. The SMILES string of the molecule is CCNC(Cc1ccc(Br)cc1Cl)CN(C)C. The summed E-state index contributed by atoms with van der Waals surface area (Å²) in [4.78, 5) is 2.19. The molecule has 0 aromatic heterocycles. The van der Waals surface area contributed by atoms with E-state index in [1.54, 1.807) is 0 Å². The Morgan fingerprint density at radius 2 is 2.12 bits per heavy atom. The van der Waals surface area contributed by atoms with E-state index >= 15 is 0 Å². The van der Waals surface area contributed by atoms with E-state index < -0.39 is 0 Å². The van der Waals surface area contributed by atoms with Crippen LogP contribution in [0.5, 0.6) is 0 Å². The van der Waals surface area contributed by atoms with Crippen molar-refractivity contribution >= 4 is 27.5 Å². The second-order valence-electron chi connectivity index (χ2n) is 4.46. The minimum absolute atomic E-state index is 0.439. The van der Waals surface area contributed by atoms with Crippen LogP contribution in [0.25, 0.3) is 0 Å². The third-order valence-electron chi connectivity index (χ3n) is 2.56. The van der Waals surface area contributed by atoms with Crippen molar-refractivity contribution in [1.82, 2.24) is 10.2 Å². The van der Waals surface area contributed by atoms with Gasteiger partial charge in [0.15, 0.2) is 0 Å². The standard InChI is InChI=1S/C13H20BrClN2/c1-4-16-12(9-17(2)3)7-10-5-6-11(14)8-13(10)15/h5-6,8,12,16H,4,7,9H2,1-3H3. The summed E-state index contributed by atoms with van der Waals surface area (Å²) in [5.41, 5.74) is 1.20. The summed E-state index contributed by atoms with van der Waals surface area (Å²) in [6.45, 7) is 4.12. The van der Waals surface area contributed by atoms with Gasteiger partial charge >= 0.3 is 0 Å². The number of rotatable bonds is 6. The lowest BCUT2D eigenvalue weighted by Gasteiger charge is -2.22. The summed E-state index contributed by atoms with van der Waals surface area (Å²) in [6, 6.07) is 6.52. The molecule has 0 fully saturated rings. The maximum absolute atomic E-state index is 6.24. The molecule has 0 radical (unpaired) electrons. The monoisotopic (exact) mass is 318 g/mol. The zero-order chi connectivity index (χ0) is 12.8. The summed E-state index contributed by atoms with van der Waals surface area (Å²) in [5, 5.41) is 4.33. The molecule has 0 saturated carbocycles. The molecule has 0 aliphatic rings. The van der Waals surface area contributed by atoms with E-state index in [1.165, 1.54) is 5.56 Å². The van der Waals surface area contributed by atoms with Crippen LogP contribution >= 0.6 is 27.5 Å². The summed E-state index contributed by atoms with van der Waals surface area (Å²) >= 11 is 9.66. The van der Waals surface area contributed by atoms with Gasteiger partial charge in [0.05, 0.1) is 0 Å². The fraction of sp³-hybridized carbons (Fsp3) is 0.538. The average Bonchev–Trinajstić information content (AvgIpc) is 2.21. The van der Waals surface area contributed by atoms with Crippen LogP contribution in [0.3, 0.4) is 0 Å². The van der Waals surface area contributed by atoms with Gasteiger partial charge in [-0.1, -0.05) is 40.5 Å². The maximum atomic E-state index is 6.24. The fourth-order valence-electron chi connectivity index (χ4n) is 1.88. The van der Waals surface area contributed by atoms with Crippen molar-refractivity contribution in [2.75, 3.05) is 27.2 Å². The molecular weight excluding hydrogens is 300 g/mol. The van der Waals surface area contributed by atoms with Crippen LogP contribution in [0.1, 0.15) is 12.5 Å². The molecule has 0 aliphatic heterocycles. The van der Waals surface area contributed by atoms with Crippen LogP contribution in [0, 0.1) is 0 Å². The molecule has 96 valence electrons. The van der Waals surface area contributed by atoms with Crippen molar-refractivity contribution in [3.05, 3.63) is 33.3 Å². The average molecular weight is 320 g/mol. The first-order valence-electron chi connectivity index (χ1n) is 5.85. The molecule has 1 aromatic rings. The second kappa shape index (κ2) is 7.37.